The molecule has 0 bridgehead atoms. The van der Waals surface area contributed by atoms with E-state index in [-0.39, 0.29) is 5.91 Å². The number of pyridine rings is 1. The van der Waals surface area contributed by atoms with E-state index in [1.165, 1.54) is 12.8 Å². The van der Waals surface area contributed by atoms with Crippen molar-refractivity contribution in [2.45, 2.75) is 19.8 Å². The fourth-order valence-electron chi connectivity index (χ4n) is 3.01. The summed E-state index contributed by atoms with van der Waals surface area (Å²) >= 11 is 0. The van der Waals surface area contributed by atoms with Crippen molar-refractivity contribution in [2.24, 2.45) is 0 Å². The van der Waals surface area contributed by atoms with Crippen molar-refractivity contribution in [3.8, 4) is 11.4 Å². The van der Waals surface area contributed by atoms with Crippen molar-refractivity contribution in [3.05, 3.63) is 54.0 Å². The second kappa shape index (κ2) is 6.95. The third-order valence-corrected chi connectivity index (χ3v) is 4.35. The van der Waals surface area contributed by atoms with Crippen LogP contribution in [0.15, 0.2) is 47.1 Å². The van der Waals surface area contributed by atoms with Crippen molar-refractivity contribution in [3.63, 3.8) is 0 Å². The van der Waals surface area contributed by atoms with Gasteiger partial charge in [-0.1, -0.05) is 17.3 Å². The number of hydrogen-bond donors (Lipinski definition) is 1. The summed E-state index contributed by atoms with van der Waals surface area (Å²) in [6.45, 7) is 3.79. The molecule has 4 rings (SSSR count). The third-order valence-electron chi connectivity index (χ3n) is 4.35. The molecule has 7 nitrogen and oxygen atoms in total. The summed E-state index contributed by atoms with van der Waals surface area (Å²) in [5.41, 5.74) is 1.97. The fraction of sp³-hybridized carbons (Fsp3) is 0.263. The van der Waals surface area contributed by atoms with Gasteiger partial charge in [-0.25, -0.2) is 4.98 Å². The molecule has 1 aliphatic heterocycles. The molecule has 0 unspecified atom stereocenters. The maximum absolute atomic E-state index is 12.5. The molecule has 1 aliphatic rings. The Morgan fingerprint density at radius 2 is 2.04 bits per heavy atom. The summed E-state index contributed by atoms with van der Waals surface area (Å²) in [5.74, 6) is 1.72. The molecule has 3 aromatic rings. The second-order valence-corrected chi connectivity index (χ2v) is 6.27. The molecule has 0 aliphatic carbocycles. The molecule has 0 radical (unpaired) electrons. The van der Waals surface area contributed by atoms with Crippen LogP contribution in [0, 0.1) is 6.92 Å². The van der Waals surface area contributed by atoms with Crippen LogP contribution in [-0.2, 0) is 0 Å². The minimum Gasteiger partial charge on any atom is -0.357 e. The highest BCUT2D eigenvalue weighted by atomic mass is 16.5. The second-order valence-electron chi connectivity index (χ2n) is 6.27. The van der Waals surface area contributed by atoms with Crippen LogP contribution in [0.1, 0.15) is 29.1 Å². The standard InChI is InChI=1S/C19H19N5O2/c1-13-21-18(23-26-13)14-5-4-6-16(11-14)22-19(25)15-7-8-17(20-12-15)24-9-2-3-10-24/h4-8,11-12H,2-3,9-10H2,1H3,(H,22,25). The predicted octanol–water partition coefficient (Wildman–Crippen LogP) is 3.29. The first-order chi connectivity index (χ1) is 12.7. The number of amides is 1. The van der Waals surface area contributed by atoms with Gasteiger partial charge in [-0.05, 0) is 37.1 Å². The molecule has 1 aromatic carbocycles. The predicted molar refractivity (Wildman–Crippen MR) is 98.1 cm³/mol. The zero-order valence-electron chi connectivity index (χ0n) is 14.5. The van der Waals surface area contributed by atoms with E-state index in [4.69, 9.17) is 4.52 Å². The van der Waals surface area contributed by atoms with Crippen molar-refractivity contribution in [1.29, 1.82) is 0 Å². The Hall–Kier alpha value is -3.22. The number of nitrogens with zero attached hydrogens (tertiary/aromatic N) is 4. The van der Waals surface area contributed by atoms with E-state index >= 15 is 0 Å². The summed E-state index contributed by atoms with van der Waals surface area (Å²) in [5, 5.41) is 6.78. The summed E-state index contributed by atoms with van der Waals surface area (Å²) in [6, 6.07) is 11.0. The lowest BCUT2D eigenvalue weighted by atomic mass is 10.2. The number of nitrogens with one attached hydrogen (secondary N) is 1. The first-order valence-corrected chi connectivity index (χ1v) is 8.62. The molecule has 26 heavy (non-hydrogen) atoms. The lowest BCUT2D eigenvalue weighted by molar-refractivity contribution is 0.102. The lowest BCUT2D eigenvalue weighted by Gasteiger charge is -2.16. The minimum absolute atomic E-state index is 0.202. The molecule has 1 saturated heterocycles. The highest BCUT2D eigenvalue weighted by Crippen LogP contribution is 2.21. The lowest BCUT2D eigenvalue weighted by Crippen LogP contribution is -2.19. The average Bonchev–Trinajstić information content (AvgIpc) is 3.34. The van der Waals surface area contributed by atoms with Crippen molar-refractivity contribution >= 4 is 17.4 Å². The molecular weight excluding hydrogens is 330 g/mol. The summed E-state index contributed by atoms with van der Waals surface area (Å²) in [4.78, 5) is 23.3. The molecule has 1 amide bonds. The van der Waals surface area contributed by atoms with Gasteiger partial charge in [0, 0.05) is 37.5 Å². The van der Waals surface area contributed by atoms with Gasteiger partial charge >= 0.3 is 0 Å². The summed E-state index contributed by atoms with van der Waals surface area (Å²) in [7, 11) is 0. The number of aromatic nitrogens is 3. The molecule has 0 saturated carbocycles. The van der Waals surface area contributed by atoms with Crippen LogP contribution in [0.5, 0.6) is 0 Å². The van der Waals surface area contributed by atoms with Gasteiger partial charge in [0.25, 0.3) is 5.91 Å². The zero-order valence-corrected chi connectivity index (χ0v) is 14.5. The maximum atomic E-state index is 12.5. The molecule has 132 valence electrons. The Morgan fingerprint density at radius 1 is 1.19 bits per heavy atom. The van der Waals surface area contributed by atoms with E-state index < -0.39 is 0 Å². The van der Waals surface area contributed by atoms with E-state index in [0.29, 0.717) is 23.0 Å². The van der Waals surface area contributed by atoms with Crippen LogP contribution in [-0.4, -0.2) is 34.1 Å². The minimum atomic E-state index is -0.202. The zero-order chi connectivity index (χ0) is 17.9. The van der Waals surface area contributed by atoms with Gasteiger partial charge in [0.15, 0.2) is 0 Å². The monoisotopic (exact) mass is 349 g/mol. The first-order valence-electron chi connectivity index (χ1n) is 8.62. The number of carbonyl (C=O) groups excluding carboxylic acids is 1. The van der Waals surface area contributed by atoms with Gasteiger partial charge in [0.05, 0.1) is 5.56 Å². The smallest absolute Gasteiger partial charge is 0.257 e. The fourth-order valence-corrected chi connectivity index (χ4v) is 3.01. The molecule has 7 heteroatoms. The summed E-state index contributed by atoms with van der Waals surface area (Å²) in [6.07, 6.45) is 4.01. The number of rotatable bonds is 4. The number of aryl methyl sites for hydroxylation is 1. The van der Waals surface area contributed by atoms with Gasteiger partial charge < -0.3 is 14.7 Å². The van der Waals surface area contributed by atoms with Crippen molar-refractivity contribution in [2.75, 3.05) is 23.3 Å². The molecule has 0 spiro atoms. The first kappa shape index (κ1) is 16.3. The van der Waals surface area contributed by atoms with E-state index in [1.807, 2.05) is 36.4 Å². The topological polar surface area (TPSA) is 84.2 Å². The normalized spacial score (nSPS) is 13.8. The Labute approximate surface area is 151 Å². The molecule has 2 aromatic heterocycles. The third kappa shape index (κ3) is 3.42. The van der Waals surface area contributed by atoms with Gasteiger partial charge in [-0.15, -0.1) is 0 Å². The van der Waals surface area contributed by atoms with Crippen LogP contribution < -0.4 is 10.2 Å². The quantitative estimate of drug-likeness (QED) is 0.778. The van der Waals surface area contributed by atoms with Crippen LogP contribution in [0.4, 0.5) is 11.5 Å². The highest BCUT2D eigenvalue weighted by Gasteiger charge is 2.14. The van der Waals surface area contributed by atoms with Crippen LogP contribution >= 0.6 is 0 Å². The SMILES string of the molecule is Cc1nc(-c2cccc(NC(=O)c3ccc(N4CCCC4)nc3)c2)no1. The summed E-state index contributed by atoms with van der Waals surface area (Å²) < 4.78 is 5.00. The van der Waals surface area contributed by atoms with Crippen LogP contribution in [0.3, 0.4) is 0 Å². The van der Waals surface area contributed by atoms with E-state index in [0.717, 1.165) is 24.5 Å². The number of hydrogen-bond acceptors (Lipinski definition) is 6. The number of benzene rings is 1. The number of anilines is 2. The van der Waals surface area contributed by atoms with Gasteiger partial charge in [-0.2, -0.15) is 4.98 Å². The van der Waals surface area contributed by atoms with Gasteiger partial charge in [0.1, 0.15) is 5.82 Å². The van der Waals surface area contributed by atoms with Crippen LogP contribution in [0.25, 0.3) is 11.4 Å². The van der Waals surface area contributed by atoms with E-state index in [2.05, 4.69) is 25.3 Å². The Balaban J connectivity index is 1.47. The molecule has 3 heterocycles. The maximum Gasteiger partial charge on any atom is 0.257 e. The Kier molecular flexibility index (Phi) is 4.35. The Bertz CT molecular complexity index is 914. The van der Waals surface area contributed by atoms with E-state index in [9.17, 15) is 4.79 Å². The molecular formula is C19H19N5O2. The highest BCUT2D eigenvalue weighted by molar-refractivity contribution is 6.04. The molecule has 0 atom stereocenters. The Morgan fingerprint density at radius 3 is 2.73 bits per heavy atom. The van der Waals surface area contributed by atoms with Gasteiger partial charge in [-0.3, -0.25) is 4.79 Å². The largest absolute Gasteiger partial charge is 0.357 e. The number of carbonyl (C=O) groups is 1. The van der Waals surface area contributed by atoms with Gasteiger partial charge in [0.2, 0.25) is 11.7 Å². The van der Waals surface area contributed by atoms with Crippen molar-refractivity contribution < 1.29 is 9.32 Å². The average molecular weight is 349 g/mol. The molecule has 1 N–H and O–H groups in total. The van der Waals surface area contributed by atoms with Crippen molar-refractivity contribution in [1.82, 2.24) is 15.1 Å². The van der Waals surface area contributed by atoms with Crippen LogP contribution in [0.2, 0.25) is 0 Å². The van der Waals surface area contributed by atoms with E-state index in [1.54, 1.807) is 13.1 Å². The molecule has 1 fully saturated rings.